The summed E-state index contributed by atoms with van der Waals surface area (Å²) in [6.07, 6.45) is -0.728. The maximum Gasteiger partial charge on any atom is 0.265 e. The van der Waals surface area contributed by atoms with E-state index in [1.54, 1.807) is 0 Å². The van der Waals surface area contributed by atoms with E-state index in [9.17, 15) is 9.90 Å². The van der Waals surface area contributed by atoms with Crippen LogP contribution < -0.4 is 5.32 Å². The molecule has 2 aromatic rings. The Morgan fingerprint density at radius 1 is 1.33 bits per heavy atom. The van der Waals surface area contributed by atoms with Crippen molar-refractivity contribution in [2.45, 2.75) is 32.3 Å². The molecule has 1 amide bonds. The van der Waals surface area contributed by atoms with Crippen LogP contribution in [0.25, 0.3) is 0 Å². The molecule has 0 aliphatic carbocycles. The number of nitrogens with one attached hydrogen (secondary N) is 1. The fourth-order valence-electron chi connectivity index (χ4n) is 1.89. The van der Waals surface area contributed by atoms with E-state index in [1.807, 2.05) is 51.1 Å². The van der Waals surface area contributed by atoms with E-state index in [4.69, 9.17) is 0 Å². The van der Waals surface area contributed by atoms with Crippen molar-refractivity contribution >= 4 is 17.4 Å². The molecular weight excluding hydrogens is 286 g/mol. The van der Waals surface area contributed by atoms with Gasteiger partial charge in [-0.2, -0.15) is 0 Å². The first-order chi connectivity index (χ1) is 9.89. The molecule has 5 nitrogen and oxygen atoms in total. The van der Waals surface area contributed by atoms with E-state index in [-0.39, 0.29) is 17.9 Å². The number of hydrogen-bond donors (Lipinski definition) is 2. The Labute approximate surface area is 128 Å². The van der Waals surface area contributed by atoms with Gasteiger partial charge in [0.25, 0.3) is 5.91 Å². The van der Waals surface area contributed by atoms with Crippen LogP contribution >= 0.6 is 11.5 Å². The number of hydrogen-bond acceptors (Lipinski definition) is 5. The molecule has 112 valence electrons. The lowest BCUT2D eigenvalue weighted by molar-refractivity contribution is 0.0918. The van der Waals surface area contributed by atoms with Crippen molar-refractivity contribution in [2.24, 2.45) is 0 Å². The maximum atomic E-state index is 12.2. The third kappa shape index (κ3) is 3.86. The summed E-state index contributed by atoms with van der Waals surface area (Å²) in [5, 5.41) is 16.8. The Bertz CT molecular complexity index is 605. The molecule has 1 aromatic heterocycles. The summed E-state index contributed by atoms with van der Waals surface area (Å²) in [6, 6.07) is 9.24. The van der Waals surface area contributed by atoms with Crippen LogP contribution in [0.5, 0.6) is 0 Å². The van der Waals surface area contributed by atoms with Crippen molar-refractivity contribution in [2.75, 3.05) is 6.54 Å². The lowest BCUT2D eigenvalue weighted by Crippen LogP contribution is -2.30. The second-order valence-electron chi connectivity index (χ2n) is 5.84. The zero-order chi connectivity index (χ0) is 15.5. The Kier molecular flexibility index (Phi) is 4.69. The highest BCUT2D eigenvalue weighted by Gasteiger charge is 2.26. The van der Waals surface area contributed by atoms with Gasteiger partial charge in [0.1, 0.15) is 4.88 Å². The third-order valence-electron chi connectivity index (χ3n) is 3.04. The molecule has 0 saturated carbocycles. The maximum absolute atomic E-state index is 12.2. The van der Waals surface area contributed by atoms with Crippen molar-refractivity contribution in [1.82, 2.24) is 14.9 Å². The predicted molar refractivity (Wildman–Crippen MR) is 82.3 cm³/mol. The summed E-state index contributed by atoms with van der Waals surface area (Å²) in [6.45, 7) is 6.11. The highest BCUT2D eigenvalue weighted by Crippen LogP contribution is 2.25. The van der Waals surface area contributed by atoms with Gasteiger partial charge in [0.15, 0.2) is 0 Å². The predicted octanol–water partition coefficient (Wildman–Crippen LogP) is 2.30. The molecular formula is C15H19N3O2S. The van der Waals surface area contributed by atoms with Gasteiger partial charge in [-0.3, -0.25) is 4.79 Å². The van der Waals surface area contributed by atoms with Crippen LogP contribution in [0.2, 0.25) is 0 Å². The molecule has 1 unspecified atom stereocenters. The number of aromatic nitrogens is 2. The smallest absolute Gasteiger partial charge is 0.265 e. The fourth-order valence-corrected chi connectivity index (χ4v) is 2.69. The van der Waals surface area contributed by atoms with Crippen molar-refractivity contribution in [1.29, 1.82) is 0 Å². The number of aliphatic hydroxyl groups is 1. The third-order valence-corrected chi connectivity index (χ3v) is 3.77. The van der Waals surface area contributed by atoms with E-state index >= 15 is 0 Å². The summed E-state index contributed by atoms with van der Waals surface area (Å²) in [7, 11) is 0. The Hall–Kier alpha value is -1.79. The van der Waals surface area contributed by atoms with Crippen molar-refractivity contribution in [3.05, 3.63) is 46.5 Å². The first-order valence-corrected chi connectivity index (χ1v) is 7.51. The fraction of sp³-hybridized carbons (Fsp3) is 0.400. The summed E-state index contributed by atoms with van der Waals surface area (Å²) in [5.41, 5.74) is 1.22. The quantitative estimate of drug-likeness (QED) is 0.909. The summed E-state index contributed by atoms with van der Waals surface area (Å²) < 4.78 is 3.86. The molecule has 21 heavy (non-hydrogen) atoms. The lowest BCUT2D eigenvalue weighted by Gasteiger charge is -2.17. The molecule has 0 spiro atoms. The van der Waals surface area contributed by atoms with Crippen LogP contribution in [0.4, 0.5) is 0 Å². The van der Waals surface area contributed by atoms with Gasteiger partial charge in [-0.25, -0.2) is 0 Å². The molecule has 0 bridgehead atoms. The van der Waals surface area contributed by atoms with Gasteiger partial charge in [-0.15, -0.1) is 5.10 Å². The van der Waals surface area contributed by atoms with Crippen LogP contribution in [0.1, 0.15) is 47.8 Å². The van der Waals surface area contributed by atoms with Crippen molar-refractivity contribution < 1.29 is 9.90 Å². The van der Waals surface area contributed by atoms with Crippen molar-refractivity contribution in [3.8, 4) is 0 Å². The average Bonchev–Trinajstić information content (AvgIpc) is 2.95. The van der Waals surface area contributed by atoms with E-state index in [0.717, 1.165) is 17.1 Å². The van der Waals surface area contributed by atoms with Gasteiger partial charge in [0, 0.05) is 12.0 Å². The molecule has 1 heterocycles. The molecule has 0 aliphatic rings. The molecule has 2 rings (SSSR count). The van der Waals surface area contributed by atoms with Crippen LogP contribution in [-0.4, -0.2) is 27.1 Å². The average molecular weight is 305 g/mol. The number of rotatable bonds is 4. The number of carbonyl (C=O) groups is 1. The first-order valence-electron chi connectivity index (χ1n) is 6.73. The monoisotopic (exact) mass is 305 g/mol. The van der Waals surface area contributed by atoms with E-state index in [2.05, 4.69) is 14.9 Å². The Morgan fingerprint density at radius 2 is 2.00 bits per heavy atom. The van der Waals surface area contributed by atoms with Gasteiger partial charge in [-0.05, 0) is 17.1 Å². The molecule has 2 N–H and O–H groups in total. The molecule has 0 aliphatic heterocycles. The minimum atomic E-state index is -0.728. The minimum absolute atomic E-state index is 0.157. The SMILES string of the molecule is CC(C)(C)c1nnsc1C(=O)NCC(O)c1ccccc1. The highest BCUT2D eigenvalue weighted by atomic mass is 32.1. The second-order valence-corrected chi connectivity index (χ2v) is 6.59. The van der Waals surface area contributed by atoms with Crippen molar-refractivity contribution in [3.63, 3.8) is 0 Å². The Morgan fingerprint density at radius 3 is 2.62 bits per heavy atom. The van der Waals surface area contributed by atoms with Gasteiger partial charge in [-0.1, -0.05) is 55.6 Å². The number of benzene rings is 1. The highest BCUT2D eigenvalue weighted by molar-refractivity contribution is 7.08. The summed E-state index contributed by atoms with van der Waals surface area (Å²) in [4.78, 5) is 12.7. The molecule has 1 atom stereocenters. The number of carbonyl (C=O) groups excluding carboxylic acids is 1. The molecule has 1 aromatic carbocycles. The zero-order valence-corrected chi connectivity index (χ0v) is 13.1. The van der Waals surface area contributed by atoms with E-state index in [0.29, 0.717) is 10.6 Å². The molecule has 6 heteroatoms. The number of aliphatic hydroxyl groups excluding tert-OH is 1. The van der Waals surface area contributed by atoms with Gasteiger partial charge in [0.2, 0.25) is 0 Å². The largest absolute Gasteiger partial charge is 0.387 e. The standard InChI is InChI=1S/C15H19N3O2S/c1-15(2,3)13-12(21-18-17-13)14(20)16-9-11(19)10-7-5-4-6-8-10/h4-8,11,19H,9H2,1-3H3,(H,16,20). The second kappa shape index (κ2) is 6.32. The van der Waals surface area contributed by atoms with Gasteiger partial charge < -0.3 is 10.4 Å². The molecule has 0 fully saturated rings. The summed E-state index contributed by atoms with van der Waals surface area (Å²) >= 11 is 1.08. The van der Waals surface area contributed by atoms with Crippen LogP contribution in [0, 0.1) is 0 Å². The van der Waals surface area contributed by atoms with E-state index < -0.39 is 6.10 Å². The van der Waals surface area contributed by atoms with Gasteiger partial charge >= 0.3 is 0 Å². The van der Waals surface area contributed by atoms with Crippen LogP contribution in [-0.2, 0) is 5.41 Å². The normalized spacial score (nSPS) is 13.0. The molecule has 0 radical (unpaired) electrons. The number of amides is 1. The van der Waals surface area contributed by atoms with E-state index in [1.165, 1.54) is 0 Å². The minimum Gasteiger partial charge on any atom is -0.387 e. The molecule has 0 saturated heterocycles. The Balaban J connectivity index is 2.02. The zero-order valence-electron chi connectivity index (χ0n) is 12.3. The number of nitrogens with zero attached hydrogens (tertiary/aromatic N) is 2. The van der Waals surface area contributed by atoms with Crippen LogP contribution in [0.15, 0.2) is 30.3 Å². The van der Waals surface area contributed by atoms with Crippen LogP contribution in [0.3, 0.4) is 0 Å². The van der Waals surface area contributed by atoms with Gasteiger partial charge in [0.05, 0.1) is 11.8 Å². The first kappa shape index (κ1) is 15.6. The summed E-state index contributed by atoms with van der Waals surface area (Å²) in [5.74, 6) is -0.245. The topological polar surface area (TPSA) is 75.1 Å². The lowest BCUT2D eigenvalue weighted by atomic mass is 9.91.